The number of hydrogen-bond acceptors (Lipinski definition) is 0. The van der Waals surface area contributed by atoms with Crippen molar-refractivity contribution in [3.8, 4) is 0 Å². The van der Waals surface area contributed by atoms with Crippen LogP contribution < -0.4 is 0 Å². The summed E-state index contributed by atoms with van der Waals surface area (Å²) in [7, 11) is 0. The Hall–Kier alpha value is -2.03. The summed E-state index contributed by atoms with van der Waals surface area (Å²) in [5, 5.41) is 0. The fraction of sp³-hybridized carbons (Fsp3) is 0.176. The first kappa shape index (κ1) is 14.4. The van der Waals surface area contributed by atoms with Crippen LogP contribution in [-0.2, 0) is 12.8 Å². The Labute approximate surface area is 116 Å². The van der Waals surface area contributed by atoms with E-state index >= 15 is 0 Å². The summed E-state index contributed by atoms with van der Waals surface area (Å²) < 4.78 is 39.0. The first-order valence-electron chi connectivity index (χ1n) is 6.45. The molecule has 0 unspecified atom stereocenters. The maximum atomic E-state index is 13.1. The lowest BCUT2D eigenvalue weighted by Crippen LogP contribution is -1.97. The number of halogens is 3. The zero-order valence-electron chi connectivity index (χ0n) is 11.2. The minimum absolute atomic E-state index is 0.457. The lowest BCUT2D eigenvalue weighted by Gasteiger charge is -2.04. The van der Waals surface area contributed by atoms with Gasteiger partial charge in [-0.2, -0.15) is 0 Å². The van der Waals surface area contributed by atoms with Crippen molar-refractivity contribution in [2.45, 2.75) is 19.8 Å². The SMILES string of the molecule is CC=Cc1ccc(CCc2cc(F)c(F)c(F)c2)cc1. The Kier molecular flexibility index (Phi) is 4.61. The third kappa shape index (κ3) is 3.50. The molecule has 0 aliphatic rings. The number of benzene rings is 2. The predicted octanol–water partition coefficient (Wildman–Crippen LogP) is 4.92. The van der Waals surface area contributed by atoms with E-state index in [1.165, 1.54) is 0 Å². The second-order valence-corrected chi connectivity index (χ2v) is 4.62. The van der Waals surface area contributed by atoms with Crippen LogP contribution in [0.4, 0.5) is 13.2 Å². The van der Waals surface area contributed by atoms with Crippen LogP contribution in [0, 0.1) is 17.5 Å². The molecule has 0 saturated carbocycles. The van der Waals surface area contributed by atoms with E-state index < -0.39 is 17.5 Å². The van der Waals surface area contributed by atoms with Gasteiger partial charge in [0.15, 0.2) is 17.5 Å². The minimum atomic E-state index is -1.41. The van der Waals surface area contributed by atoms with Gasteiger partial charge in [-0.1, -0.05) is 36.4 Å². The molecule has 0 aliphatic heterocycles. The molecule has 0 fully saturated rings. The third-order valence-corrected chi connectivity index (χ3v) is 3.08. The van der Waals surface area contributed by atoms with Crippen LogP contribution >= 0.6 is 0 Å². The second kappa shape index (κ2) is 6.42. The highest BCUT2D eigenvalue weighted by Crippen LogP contribution is 2.16. The van der Waals surface area contributed by atoms with Crippen molar-refractivity contribution in [2.24, 2.45) is 0 Å². The zero-order chi connectivity index (χ0) is 14.5. The third-order valence-electron chi connectivity index (χ3n) is 3.08. The summed E-state index contributed by atoms with van der Waals surface area (Å²) in [6.45, 7) is 1.95. The van der Waals surface area contributed by atoms with Crippen molar-refractivity contribution in [2.75, 3.05) is 0 Å². The molecule has 0 saturated heterocycles. The highest BCUT2D eigenvalue weighted by molar-refractivity contribution is 5.49. The summed E-state index contributed by atoms with van der Waals surface area (Å²) in [4.78, 5) is 0. The van der Waals surface area contributed by atoms with Crippen molar-refractivity contribution < 1.29 is 13.2 Å². The van der Waals surface area contributed by atoms with Crippen molar-refractivity contribution in [3.63, 3.8) is 0 Å². The van der Waals surface area contributed by atoms with Gasteiger partial charge in [-0.15, -0.1) is 0 Å². The Balaban J connectivity index is 2.05. The number of allylic oxidation sites excluding steroid dienone is 1. The monoisotopic (exact) mass is 276 g/mol. The highest BCUT2D eigenvalue weighted by Gasteiger charge is 2.10. The fourth-order valence-corrected chi connectivity index (χ4v) is 2.03. The Morgan fingerprint density at radius 3 is 1.95 bits per heavy atom. The van der Waals surface area contributed by atoms with Gasteiger partial charge < -0.3 is 0 Å². The van der Waals surface area contributed by atoms with Crippen LogP contribution in [0.25, 0.3) is 6.08 Å². The highest BCUT2D eigenvalue weighted by atomic mass is 19.2. The Bertz CT molecular complexity index is 590. The van der Waals surface area contributed by atoms with E-state index in [1.807, 2.05) is 43.3 Å². The molecular formula is C17H15F3. The molecule has 20 heavy (non-hydrogen) atoms. The average molecular weight is 276 g/mol. The average Bonchev–Trinajstić information content (AvgIpc) is 2.44. The van der Waals surface area contributed by atoms with Gasteiger partial charge in [0.25, 0.3) is 0 Å². The van der Waals surface area contributed by atoms with E-state index in [-0.39, 0.29) is 0 Å². The van der Waals surface area contributed by atoms with E-state index in [2.05, 4.69) is 0 Å². The minimum Gasteiger partial charge on any atom is -0.204 e. The molecule has 0 bridgehead atoms. The van der Waals surface area contributed by atoms with Crippen LogP contribution in [0.5, 0.6) is 0 Å². The normalized spacial score (nSPS) is 11.2. The summed E-state index contributed by atoms with van der Waals surface area (Å²) >= 11 is 0. The maximum absolute atomic E-state index is 13.1. The molecular weight excluding hydrogens is 261 g/mol. The molecule has 0 amide bonds. The van der Waals surface area contributed by atoms with Crippen LogP contribution in [-0.4, -0.2) is 0 Å². The molecule has 0 aromatic heterocycles. The summed E-state index contributed by atoms with van der Waals surface area (Å²) in [5.41, 5.74) is 2.64. The summed E-state index contributed by atoms with van der Waals surface area (Å²) in [6.07, 6.45) is 5.07. The molecule has 104 valence electrons. The Morgan fingerprint density at radius 1 is 0.850 bits per heavy atom. The smallest absolute Gasteiger partial charge is 0.194 e. The van der Waals surface area contributed by atoms with Gasteiger partial charge in [-0.3, -0.25) is 0 Å². The van der Waals surface area contributed by atoms with Crippen molar-refractivity contribution in [3.05, 3.63) is 76.6 Å². The molecule has 3 heteroatoms. The molecule has 0 atom stereocenters. The molecule has 0 aliphatic carbocycles. The number of hydrogen-bond donors (Lipinski definition) is 0. The molecule has 2 aromatic rings. The molecule has 0 radical (unpaired) electrons. The van der Waals surface area contributed by atoms with Gasteiger partial charge in [0, 0.05) is 0 Å². The lowest BCUT2D eigenvalue weighted by atomic mass is 10.0. The van der Waals surface area contributed by atoms with Crippen LogP contribution in [0.2, 0.25) is 0 Å². The van der Waals surface area contributed by atoms with Gasteiger partial charge in [0.1, 0.15) is 0 Å². The van der Waals surface area contributed by atoms with Gasteiger partial charge in [0.05, 0.1) is 0 Å². The lowest BCUT2D eigenvalue weighted by molar-refractivity contribution is 0.445. The van der Waals surface area contributed by atoms with Crippen LogP contribution in [0.3, 0.4) is 0 Å². The van der Waals surface area contributed by atoms with E-state index in [9.17, 15) is 13.2 Å². The number of aryl methyl sites for hydroxylation is 2. The quantitative estimate of drug-likeness (QED) is 0.695. The molecule has 0 heterocycles. The zero-order valence-corrected chi connectivity index (χ0v) is 11.2. The van der Waals surface area contributed by atoms with Crippen molar-refractivity contribution in [1.29, 1.82) is 0 Å². The van der Waals surface area contributed by atoms with Crippen LogP contribution in [0.15, 0.2) is 42.5 Å². The van der Waals surface area contributed by atoms with Gasteiger partial charge in [0.2, 0.25) is 0 Å². The first-order valence-corrected chi connectivity index (χ1v) is 6.45. The topological polar surface area (TPSA) is 0 Å². The van der Waals surface area contributed by atoms with Crippen LogP contribution in [0.1, 0.15) is 23.6 Å². The first-order chi connectivity index (χ1) is 9.60. The van der Waals surface area contributed by atoms with Gasteiger partial charge >= 0.3 is 0 Å². The van der Waals surface area contributed by atoms with Gasteiger partial charge in [-0.05, 0) is 48.6 Å². The maximum Gasteiger partial charge on any atom is 0.194 e. The van der Waals surface area contributed by atoms with Gasteiger partial charge in [-0.25, -0.2) is 13.2 Å². The fourth-order valence-electron chi connectivity index (χ4n) is 2.03. The summed E-state index contributed by atoms with van der Waals surface area (Å²) in [6, 6.07) is 10.0. The molecule has 0 N–H and O–H groups in total. The largest absolute Gasteiger partial charge is 0.204 e. The van der Waals surface area contributed by atoms with Crippen molar-refractivity contribution >= 4 is 6.08 Å². The Morgan fingerprint density at radius 2 is 1.40 bits per heavy atom. The van der Waals surface area contributed by atoms with E-state index in [0.717, 1.165) is 23.3 Å². The van der Waals surface area contributed by atoms with Crippen molar-refractivity contribution in [1.82, 2.24) is 0 Å². The predicted molar refractivity (Wildman–Crippen MR) is 74.9 cm³/mol. The summed E-state index contributed by atoms with van der Waals surface area (Å²) in [5.74, 6) is -3.68. The molecule has 0 spiro atoms. The molecule has 0 nitrogen and oxygen atoms in total. The molecule has 2 aromatic carbocycles. The van der Waals surface area contributed by atoms with E-state index in [4.69, 9.17) is 0 Å². The standard InChI is InChI=1S/C17H15F3/c1-2-3-12-4-6-13(7-5-12)8-9-14-10-15(18)17(20)16(19)11-14/h2-7,10-11H,8-9H2,1H3. The second-order valence-electron chi connectivity index (χ2n) is 4.62. The number of rotatable bonds is 4. The van der Waals surface area contributed by atoms with E-state index in [0.29, 0.717) is 18.4 Å². The molecule has 2 rings (SSSR count). The van der Waals surface area contributed by atoms with E-state index in [1.54, 1.807) is 0 Å².